The van der Waals surface area contributed by atoms with E-state index in [1.165, 1.54) is 4.88 Å². The maximum absolute atomic E-state index is 12.9. The molecule has 6 nitrogen and oxygen atoms in total. The number of rotatable bonds is 4. The van der Waals surface area contributed by atoms with Crippen molar-refractivity contribution in [2.24, 2.45) is 0 Å². The molecule has 152 valence electrons. The molecule has 3 rings (SSSR count). The molecule has 1 aliphatic heterocycles. The van der Waals surface area contributed by atoms with Gasteiger partial charge in [0, 0.05) is 37.3 Å². The van der Waals surface area contributed by atoms with Gasteiger partial charge in [0.25, 0.3) is 5.91 Å². The number of ether oxygens (including phenoxy) is 1. The number of carbonyl (C=O) groups is 2. The molecule has 1 saturated heterocycles. The van der Waals surface area contributed by atoms with Crippen LogP contribution >= 0.6 is 11.3 Å². The summed E-state index contributed by atoms with van der Waals surface area (Å²) < 4.78 is 7.54. The second-order valence-corrected chi connectivity index (χ2v) is 9.27. The van der Waals surface area contributed by atoms with E-state index in [0.29, 0.717) is 25.3 Å². The van der Waals surface area contributed by atoms with Crippen molar-refractivity contribution in [2.75, 3.05) is 20.1 Å². The van der Waals surface area contributed by atoms with E-state index in [-0.39, 0.29) is 18.0 Å². The topological polar surface area (TPSA) is 54.8 Å². The molecule has 0 bridgehead atoms. The normalized spacial score (nSPS) is 15.5. The third-order valence-electron chi connectivity index (χ3n) is 4.83. The van der Waals surface area contributed by atoms with Crippen molar-refractivity contribution < 1.29 is 14.3 Å². The summed E-state index contributed by atoms with van der Waals surface area (Å²) in [4.78, 5) is 29.9. The van der Waals surface area contributed by atoms with Gasteiger partial charge in [0.2, 0.25) is 0 Å². The Morgan fingerprint density at radius 1 is 1.21 bits per heavy atom. The van der Waals surface area contributed by atoms with Crippen LogP contribution in [0.15, 0.2) is 35.8 Å². The van der Waals surface area contributed by atoms with Crippen molar-refractivity contribution in [3.05, 3.63) is 46.4 Å². The number of likely N-dealkylation sites (tertiary alicyclic amines) is 1. The monoisotopic (exact) mass is 403 g/mol. The fourth-order valence-corrected chi connectivity index (χ4v) is 4.21. The van der Waals surface area contributed by atoms with Crippen LogP contribution in [0.4, 0.5) is 4.79 Å². The van der Waals surface area contributed by atoms with Gasteiger partial charge in [-0.25, -0.2) is 4.79 Å². The molecule has 0 unspecified atom stereocenters. The van der Waals surface area contributed by atoms with Gasteiger partial charge in [-0.2, -0.15) is 0 Å². The third-order valence-corrected chi connectivity index (χ3v) is 5.69. The zero-order valence-corrected chi connectivity index (χ0v) is 17.9. The van der Waals surface area contributed by atoms with E-state index in [2.05, 4.69) is 4.57 Å². The van der Waals surface area contributed by atoms with Gasteiger partial charge in [-0.05, 0) is 57.2 Å². The van der Waals surface area contributed by atoms with E-state index in [1.807, 2.05) is 63.7 Å². The van der Waals surface area contributed by atoms with Crippen LogP contribution in [0.1, 0.15) is 55.0 Å². The van der Waals surface area contributed by atoms with Crippen LogP contribution in [0.25, 0.3) is 0 Å². The predicted molar refractivity (Wildman–Crippen MR) is 111 cm³/mol. The molecule has 0 aromatic carbocycles. The second kappa shape index (κ2) is 8.39. The largest absolute Gasteiger partial charge is 0.444 e. The van der Waals surface area contributed by atoms with Crippen LogP contribution in [0.2, 0.25) is 0 Å². The third kappa shape index (κ3) is 4.95. The predicted octanol–water partition coefficient (Wildman–Crippen LogP) is 4.39. The first-order valence-corrected chi connectivity index (χ1v) is 10.5. The number of nitrogens with zero attached hydrogens (tertiary/aromatic N) is 3. The molecule has 7 heteroatoms. The average Bonchev–Trinajstić information content (AvgIpc) is 3.31. The van der Waals surface area contributed by atoms with Gasteiger partial charge in [0.05, 0.1) is 6.54 Å². The van der Waals surface area contributed by atoms with Crippen LogP contribution in [0.3, 0.4) is 0 Å². The highest BCUT2D eigenvalue weighted by atomic mass is 32.1. The summed E-state index contributed by atoms with van der Waals surface area (Å²) in [7, 11) is 1.84. The molecule has 2 amide bonds. The van der Waals surface area contributed by atoms with Crippen LogP contribution in [0.5, 0.6) is 0 Å². The second-order valence-electron chi connectivity index (χ2n) is 8.24. The summed E-state index contributed by atoms with van der Waals surface area (Å²) >= 11 is 1.65. The lowest BCUT2D eigenvalue weighted by molar-refractivity contribution is 0.0186. The van der Waals surface area contributed by atoms with E-state index >= 15 is 0 Å². The first-order chi connectivity index (χ1) is 13.2. The van der Waals surface area contributed by atoms with E-state index in [4.69, 9.17) is 4.74 Å². The molecule has 0 radical (unpaired) electrons. The maximum atomic E-state index is 12.9. The summed E-state index contributed by atoms with van der Waals surface area (Å²) in [5.41, 5.74) is 0.218. The van der Waals surface area contributed by atoms with Crippen molar-refractivity contribution in [3.8, 4) is 0 Å². The van der Waals surface area contributed by atoms with Gasteiger partial charge in [0.1, 0.15) is 11.3 Å². The van der Waals surface area contributed by atoms with Gasteiger partial charge in [0.15, 0.2) is 0 Å². The summed E-state index contributed by atoms with van der Waals surface area (Å²) in [5, 5.41) is 2.02. The van der Waals surface area contributed by atoms with Crippen molar-refractivity contribution >= 4 is 23.3 Å². The summed E-state index contributed by atoms with van der Waals surface area (Å²) in [6.45, 7) is 7.51. The summed E-state index contributed by atoms with van der Waals surface area (Å²) in [6, 6.07) is 8.06. The molecule has 0 saturated carbocycles. The molecule has 2 aromatic rings. The number of thiophene rings is 1. The Kier molecular flexibility index (Phi) is 6.13. The SMILES string of the molecule is CN(Cc1cccs1)C(=O)c1cccn1C1CCN(C(=O)OC(C)(C)C)CC1. The van der Waals surface area contributed by atoms with Crippen molar-refractivity contribution in [3.63, 3.8) is 0 Å². The van der Waals surface area contributed by atoms with Crippen molar-refractivity contribution in [1.82, 2.24) is 14.4 Å². The number of carbonyl (C=O) groups excluding carboxylic acids is 2. The number of amides is 2. The highest BCUT2D eigenvalue weighted by Gasteiger charge is 2.29. The maximum Gasteiger partial charge on any atom is 0.410 e. The highest BCUT2D eigenvalue weighted by molar-refractivity contribution is 7.09. The first-order valence-electron chi connectivity index (χ1n) is 9.67. The molecule has 0 aliphatic carbocycles. The number of hydrogen-bond donors (Lipinski definition) is 0. The van der Waals surface area contributed by atoms with E-state index in [9.17, 15) is 9.59 Å². The molecule has 0 N–H and O–H groups in total. The molecule has 3 heterocycles. The molecule has 1 fully saturated rings. The van der Waals surface area contributed by atoms with E-state index in [1.54, 1.807) is 21.1 Å². The van der Waals surface area contributed by atoms with Crippen LogP contribution in [-0.4, -0.2) is 52.1 Å². The van der Waals surface area contributed by atoms with Crippen LogP contribution in [0, 0.1) is 0 Å². The Bertz CT molecular complexity index is 799. The minimum absolute atomic E-state index is 0.0213. The Hall–Kier alpha value is -2.28. The van der Waals surface area contributed by atoms with Crippen LogP contribution in [-0.2, 0) is 11.3 Å². The molecule has 0 spiro atoms. The lowest BCUT2D eigenvalue weighted by atomic mass is 10.0. The molecular weight excluding hydrogens is 374 g/mol. The Morgan fingerprint density at radius 2 is 1.93 bits per heavy atom. The highest BCUT2D eigenvalue weighted by Crippen LogP contribution is 2.26. The first kappa shape index (κ1) is 20.5. The molecule has 2 aromatic heterocycles. The Morgan fingerprint density at radius 3 is 2.54 bits per heavy atom. The minimum atomic E-state index is -0.485. The fourth-order valence-electron chi connectivity index (χ4n) is 3.45. The average molecular weight is 404 g/mol. The van der Waals surface area contributed by atoms with E-state index < -0.39 is 5.60 Å². The number of piperidine rings is 1. The fraction of sp³-hybridized carbons (Fsp3) is 0.524. The zero-order chi connectivity index (χ0) is 20.3. The van der Waals surface area contributed by atoms with Gasteiger partial charge >= 0.3 is 6.09 Å². The molecule has 28 heavy (non-hydrogen) atoms. The molecule has 1 aliphatic rings. The Balaban J connectivity index is 1.61. The number of hydrogen-bond acceptors (Lipinski definition) is 4. The van der Waals surface area contributed by atoms with Gasteiger partial charge in [-0.3, -0.25) is 4.79 Å². The lowest BCUT2D eigenvalue weighted by Gasteiger charge is -2.34. The van der Waals surface area contributed by atoms with Crippen molar-refractivity contribution in [1.29, 1.82) is 0 Å². The van der Waals surface area contributed by atoms with Crippen LogP contribution < -0.4 is 0 Å². The quantitative estimate of drug-likeness (QED) is 0.761. The minimum Gasteiger partial charge on any atom is -0.444 e. The van der Waals surface area contributed by atoms with Gasteiger partial charge < -0.3 is 19.1 Å². The molecule has 0 atom stereocenters. The molecular formula is C21H29N3O3S. The number of aromatic nitrogens is 1. The van der Waals surface area contributed by atoms with Crippen molar-refractivity contribution in [2.45, 2.75) is 51.8 Å². The standard InChI is InChI=1S/C21H29N3O3S/c1-21(2,3)27-20(26)23-12-9-16(10-13-23)24-11-5-8-18(24)19(25)22(4)15-17-7-6-14-28-17/h5-8,11,14,16H,9-10,12-13,15H2,1-4H3. The zero-order valence-electron chi connectivity index (χ0n) is 17.1. The smallest absolute Gasteiger partial charge is 0.410 e. The van der Waals surface area contributed by atoms with E-state index in [0.717, 1.165) is 12.8 Å². The summed E-state index contributed by atoms with van der Waals surface area (Å²) in [5.74, 6) is 0.0213. The lowest BCUT2D eigenvalue weighted by Crippen LogP contribution is -2.42. The van der Waals surface area contributed by atoms with Gasteiger partial charge in [-0.1, -0.05) is 6.07 Å². The Labute approximate surface area is 170 Å². The summed E-state index contributed by atoms with van der Waals surface area (Å²) in [6.07, 6.45) is 3.33. The van der Waals surface area contributed by atoms with Gasteiger partial charge in [-0.15, -0.1) is 11.3 Å².